The Kier molecular flexibility index (Phi) is 3.19. The molecular weight excluding hydrogens is 204 g/mol. The number of ether oxygens (including phenoxy) is 1. The lowest BCUT2D eigenvalue weighted by Gasteiger charge is -2.32. The Bertz CT molecular complexity index is 362. The summed E-state index contributed by atoms with van der Waals surface area (Å²) in [5, 5.41) is 12.5. The highest BCUT2D eigenvalue weighted by Gasteiger charge is 2.26. The number of nitrogens with two attached hydrogens (primary N) is 1. The minimum absolute atomic E-state index is 0.141. The molecule has 16 heavy (non-hydrogen) atoms. The van der Waals surface area contributed by atoms with Crippen molar-refractivity contribution in [2.75, 3.05) is 17.7 Å². The van der Waals surface area contributed by atoms with Crippen LogP contribution >= 0.6 is 0 Å². The lowest BCUT2D eigenvalue weighted by molar-refractivity contribution is 0.0836. The number of aliphatic hydroxyl groups excluding tert-OH is 1. The third-order valence-corrected chi connectivity index (χ3v) is 2.80. The van der Waals surface area contributed by atoms with Gasteiger partial charge in [0.1, 0.15) is 5.75 Å². The van der Waals surface area contributed by atoms with E-state index in [0.29, 0.717) is 24.1 Å². The van der Waals surface area contributed by atoms with Crippen molar-refractivity contribution in [2.24, 2.45) is 0 Å². The molecule has 1 aliphatic carbocycles. The van der Waals surface area contributed by atoms with Crippen LogP contribution in [0.2, 0.25) is 0 Å². The molecule has 4 N–H and O–H groups in total. The molecule has 88 valence electrons. The predicted octanol–water partition coefficient (Wildman–Crippen LogP) is 1.60. The van der Waals surface area contributed by atoms with E-state index in [1.807, 2.05) is 25.1 Å². The summed E-state index contributed by atoms with van der Waals surface area (Å²) in [6, 6.07) is 6.04. The Morgan fingerprint density at radius 2 is 2.25 bits per heavy atom. The van der Waals surface area contributed by atoms with Crippen molar-refractivity contribution in [1.29, 1.82) is 0 Å². The van der Waals surface area contributed by atoms with Gasteiger partial charge in [0.2, 0.25) is 0 Å². The molecule has 0 bridgehead atoms. The number of benzene rings is 1. The molecule has 1 saturated carbocycles. The van der Waals surface area contributed by atoms with Crippen LogP contribution in [0.1, 0.15) is 19.8 Å². The molecule has 1 aromatic carbocycles. The Morgan fingerprint density at radius 1 is 1.50 bits per heavy atom. The van der Waals surface area contributed by atoms with Crippen LogP contribution in [0.3, 0.4) is 0 Å². The van der Waals surface area contributed by atoms with Crippen molar-refractivity contribution in [3.05, 3.63) is 18.2 Å². The first-order valence-electron chi connectivity index (χ1n) is 5.66. The monoisotopic (exact) mass is 222 g/mol. The van der Waals surface area contributed by atoms with Crippen LogP contribution in [-0.4, -0.2) is 23.9 Å². The van der Waals surface area contributed by atoms with Gasteiger partial charge in [-0.1, -0.05) is 0 Å². The number of nitrogens with one attached hydrogen (secondary N) is 1. The van der Waals surface area contributed by atoms with E-state index in [2.05, 4.69) is 5.32 Å². The van der Waals surface area contributed by atoms with Crippen molar-refractivity contribution < 1.29 is 9.84 Å². The van der Waals surface area contributed by atoms with Crippen molar-refractivity contribution in [2.45, 2.75) is 31.9 Å². The van der Waals surface area contributed by atoms with Gasteiger partial charge in [0.25, 0.3) is 0 Å². The van der Waals surface area contributed by atoms with Crippen LogP contribution in [0.25, 0.3) is 0 Å². The first kappa shape index (κ1) is 11.1. The molecule has 1 fully saturated rings. The molecule has 4 nitrogen and oxygen atoms in total. The summed E-state index contributed by atoms with van der Waals surface area (Å²) in [5.41, 5.74) is 7.43. The second-order valence-electron chi connectivity index (χ2n) is 4.15. The van der Waals surface area contributed by atoms with E-state index < -0.39 is 0 Å². The number of anilines is 2. The summed E-state index contributed by atoms with van der Waals surface area (Å²) >= 11 is 0. The van der Waals surface area contributed by atoms with E-state index in [1.165, 1.54) is 0 Å². The fourth-order valence-electron chi connectivity index (χ4n) is 1.85. The van der Waals surface area contributed by atoms with Crippen LogP contribution in [0.15, 0.2) is 18.2 Å². The summed E-state index contributed by atoms with van der Waals surface area (Å²) in [5.74, 6) is 0.715. The minimum Gasteiger partial charge on any atom is -0.492 e. The molecule has 0 spiro atoms. The minimum atomic E-state index is -0.141. The van der Waals surface area contributed by atoms with Gasteiger partial charge in [0.05, 0.1) is 18.4 Å². The van der Waals surface area contributed by atoms with Crippen LogP contribution in [-0.2, 0) is 0 Å². The molecule has 0 atom stereocenters. The number of hydrogen-bond donors (Lipinski definition) is 3. The van der Waals surface area contributed by atoms with Gasteiger partial charge >= 0.3 is 0 Å². The highest BCUT2D eigenvalue weighted by molar-refractivity contribution is 5.61. The smallest absolute Gasteiger partial charge is 0.144 e. The quantitative estimate of drug-likeness (QED) is 0.677. The maximum Gasteiger partial charge on any atom is 0.144 e. The normalized spacial score (nSPS) is 23.6. The maximum absolute atomic E-state index is 9.19. The first-order chi connectivity index (χ1) is 7.69. The van der Waals surface area contributed by atoms with E-state index >= 15 is 0 Å². The van der Waals surface area contributed by atoms with Gasteiger partial charge in [-0.3, -0.25) is 0 Å². The van der Waals surface area contributed by atoms with Crippen molar-refractivity contribution >= 4 is 11.4 Å². The molecule has 0 radical (unpaired) electrons. The Hall–Kier alpha value is -1.42. The van der Waals surface area contributed by atoms with Crippen LogP contribution in [0.4, 0.5) is 11.4 Å². The molecule has 0 amide bonds. The summed E-state index contributed by atoms with van der Waals surface area (Å²) in [6.45, 7) is 2.54. The lowest BCUT2D eigenvalue weighted by atomic mass is 9.89. The van der Waals surface area contributed by atoms with Crippen molar-refractivity contribution in [1.82, 2.24) is 0 Å². The van der Waals surface area contributed by atoms with Gasteiger partial charge in [-0.25, -0.2) is 0 Å². The molecule has 2 rings (SSSR count). The third-order valence-electron chi connectivity index (χ3n) is 2.80. The van der Waals surface area contributed by atoms with Gasteiger partial charge in [-0.15, -0.1) is 0 Å². The zero-order chi connectivity index (χ0) is 11.5. The zero-order valence-corrected chi connectivity index (χ0v) is 9.44. The topological polar surface area (TPSA) is 67.5 Å². The largest absolute Gasteiger partial charge is 0.492 e. The van der Waals surface area contributed by atoms with Gasteiger partial charge in [0.15, 0.2) is 0 Å². The van der Waals surface area contributed by atoms with E-state index in [1.54, 1.807) is 0 Å². The molecule has 0 saturated heterocycles. The van der Waals surface area contributed by atoms with Gasteiger partial charge in [-0.2, -0.15) is 0 Å². The fraction of sp³-hybridized carbons (Fsp3) is 0.500. The van der Waals surface area contributed by atoms with Crippen LogP contribution < -0.4 is 15.8 Å². The SMILES string of the molecule is CCOc1cc(NC2CC(O)C2)ccc1N. The van der Waals surface area contributed by atoms with Gasteiger partial charge in [-0.05, 0) is 31.9 Å². The van der Waals surface area contributed by atoms with Crippen molar-refractivity contribution in [3.8, 4) is 5.75 Å². The Morgan fingerprint density at radius 3 is 2.88 bits per heavy atom. The molecule has 0 heterocycles. The molecule has 0 aliphatic heterocycles. The van der Waals surface area contributed by atoms with E-state index in [0.717, 1.165) is 18.5 Å². The molecule has 1 aromatic rings. The van der Waals surface area contributed by atoms with E-state index in [9.17, 15) is 5.11 Å². The second kappa shape index (κ2) is 4.61. The Balaban J connectivity index is 2.01. The Labute approximate surface area is 95.4 Å². The molecular formula is C12H18N2O2. The molecule has 4 heteroatoms. The number of hydrogen-bond acceptors (Lipinski definition) is 4. The van der Waals surface area contributed by atoms with E-state index in [-0.39, 0.29) is 6.10 Å². The zero-order valence-electron chi connectivity index (χ0n) is 9.44. The standard InChI is InChI=1S/C12H18N2O2/c1-2-16-12-7-8(3-4-11(12)13)14-9-5-10(15)6-9/h3-4,7,9-10,14-15H,2,5-6,13H2,1H3. The maximum atomic E-state index is 9.19. The first-order valence-corrected chi connectivity index (χ1v) is 5.66. The number of rotatable bonds is 4. The highest BCUT2D eigenvalue weighted by Crippen LogP contribution is 2.29. The third kappa shape index (κ3) is 2.39. The highest BCUT2D eigenvalue weighted by atomic mass is 16.5. The molecule has 0 aromatic heterocycles. The fourth-order valence-corrected chi connectivity index (χ4v) is 1.85. The average Bonchev–Trinajstić information content (AvgIpc) is 2.21. The molecule has 0 unspecified atom stereocenters. The number of nitrogen functional groups attached to an aromatic ring is 1. The summed E-state index contributed by atoms with van der Waals surface area (Å²) in [4.78, 5) is 0. The molecule has 1 aliphatic rings. The van der Waals surface area contributed by atoms with Crippen molar-refractivity contribution in [3.63, 3.8) is 0 Å². The van der Waals surface area contributed by atoms with Crippen LogP contribution in [0, 0.1) is 0 Å². The van der Waals surface area contributed by atoms with Gasteiger partial charge in [0, 0.05) is 17.8 Å². The van der Waals surface area contributed by atoms with E-state index in [4.69, 9.17) is 10.5 Å². The van der Waals surface area contributed by atoms with Crippen LogP contribution in [0.5, 0.6) is 5.75 Å². The lowest BCUT2D eigenvalue weighted by Crippen LogP contribution is -2.38. The summed E-state index contributed by atoms with van der Waals surface area (Å²) < 4.78 is 5.42. The summed E-state index contributed by atoms with van der Waals surface area (Å²) in [7, 11) is 0. The second-order valence-corrected chi connectivity index (χ2v) is 4.15. The average molecular weight is 222 g/mol. The van der Waals surface area contributed by atoms with Gasteiger partial charge < -0.3 is 20.9 Å². The number of aliphatic hydroxyl groups is 1. The summed E-state index contributed by atoms with van der Waals surface area (Å²) in [6.07, 6.45) is 1.49. The predicted molar refractivity (Wildman–Crippen MR) is 64.7 cm³/mol.